The number of aliphatic carboxylic acids is 1. The molecule has 0 aromatic carbocycles. The molecule has 0 aliphatic heterocycles. The maximum absolute atomic E-state index is 10.7. The third-order valence-electron chi connectivity index (χ3n) is 3.27. The Bertz CT molecular complexity index is 398. The lowest BCUT2D eigenvalue weighted by Crippen LogP contribution is -2.31. The molecular formula is C13H19NO2S. The molecule has 1 N–H and O–H groups in total. The van der Waals surface area contributed by atoms with Gasteiger partial charge in [0, 0.05) is 28.4 Å². The third-order valence-corrected chi connectivity index (χ3v) is 4.44. The van der Waals surface area contributed by atoms with E-state index in [0.29, 0.717) is 18.6 Å². The highest BCUT2D eigenvalue weighted by molar-refractivity contribution is 7.12. The van der Waals surface area contributed by atoms with Gasteiger partial charge in [-0.05, 0) is 38.8 Å². The van der Waals surface area contributed by atoms with Crippen molar-refractivity contribution >= 4 is 17.3 Å². The van der Waals surface area contributed by atoms with E-state index in [9.17, 15) is 4.79 Å². The van der Waals surface area contributed by atoms with E-state index in [1.165, 1.54) is 22.6 Å². The van der Waals surface area contributed by atoms with Gasteiger partial charge < -0.3 is 5.11 Å². The summed E-state index contributed by atoms with van der Waals surface area (Å²) in [6.07, 6.45) is 2.67. The first-order valence-electron chi connectivity index (χ1n) is 6.12. The summed E-state index contributed by atoms with van der Waals surface area (Å²) in [4.78, 5) is 15.7. The molecule has 0 amide bonds. The van der Waals surface area contributed by atoms with Gasteiger partial charge in [-0.3, -0.25) is 9.69 Å². The van der Waals surface area contributed by atoms with E-state index in [1.54, 1.807) is 0 Å². The number of hydrogen-bond acceptors (Lipinski definition) is 3. The van der Waals surface area contributed by atoms with Gasteiger partial charge in [-0.25, -0.2) is 0 Å². The summed E-state index contributed by atoms with van der Waals surface area (Å²) in [6, 6.07) is 5.26. The molecule has 94 valence electrons. The van der Waals surface area contributed by atoms with Crippen LogP contribution in [0.2, 0.25) is 0 Å². The Kier molecular flexibility index (Phi) is 3.84. The highest BCUT2D eigenvalue weighted by Crippen LogP contribution is 2.36. The fourth-order valence-corrected chi connectivity index (χ4v) is 3.11. The number of nitrogens with zero attached hydrogens (tertiary/aromatic N) is 1. The van der Waals surface area contributed by atoms with Gasteiger partial charge in [0.25, 0.3) is 0 Å². The summed E-state index contributed by atoms with van der Waals surface area (Å²) in [6.45, 7) is 4.96. The molecule has 4 heteroatoms. The van der Waals surface area contributed by atoms with E-state index in [1.807, 2.05) is 11.3 Å². The van der Waals surface area contributed by atoms with Crippen LogP contribution < -0.4 is 0 Å². The summed E-state index contributed by atoms with van der Waals surface area (Å²) in [5, 5.41) is 8.80. The van der Waals surface area contributed by atoms with E-state index >= 15 is 0 Å². The Labute approximate surface area is 106 Å². The van der Waals surface area contributed by atoms with Crippen molar-refractivity contribution in [2.75, 3.05) is 6.54 Å². The van der Waals surface area contributed by atoms with Crippen LogP contribution in [0, 0.1) is 6.92 Å². The van der Waals surface area contributed by atoms with Crippen molar-refractivity contribution in [3.63, 3.8) is 0 Å². The highest BCUT2D eigenvalue weighted by Gasteiger charge is 2.33. The zero-order valence-electron chi connectivity index (χ0n) is 10.3. The molecule has 0 saturated heterocycles. The van der Waals surface area contributed by atoms with Crippen LogP contribution in [0.5, 0.6) is 0 Å². The molecule has 1 atom stereocenters. The second kappa shape index (κ2) is 5.19. The van der Waals surface area contributed by atoms with Gasteiger partial charge in [-0.1, -0.05) is 0 Å². The van der Waals surface area contributed by atoms with Gasteiger partial charge in [0.1, 0.15) is 0 Å². The molecule has 2 rings (SSSR count). The van der Waals surface area contributed by atoms with Crippen molar-refractivity contribution < 1.29 is 9.90 Å². The average Bonchev–Trinajstić information content (AvgIpc) is 3.00. The first kappa shape index (κ1) is 12.6. The van der Waals surface area contributed by atoms with Crippen molar-refractivity contribution in [2.45, 2.75) is 45.2 Å². The molecule has 1 unspecified atom stereocenters. The zero-order valence-corrected chi connectivity index (χ0v) is 11.2. The Hall–Kier alpha value is -0.870. The molecule has 1 aromatic heterocycles. The minimum Gasteiger partial charge on any atom is -0.481 e. The largest absolute Gasteiger partial charge is 0.481 e. The fraction of sp³-hybridized carbons (Fsp3) is 0.615. The molecule has 1 heterocycles. The maximum atomic E-state index is 10.7. The summed E-state index contributed by atoms with van der Waals surface area (Å²) in [7, 11) is 0. The van der Waals surface area contributed by atoms with Gasteiger partial charge in [-0.15, -0.1) is 11.3 Å². The third kappa shape index (κ3) is 3.30. The van der Waals surface area contributed by atoms with Crippen LogP contribution in [0.25, 0.3) is 0 Å². The smallest absolute Gasteiger partial charge is 0.304 e. The van der Waals surface area contributed by atoms with Crippen LogP contribution in [-0.4, -0.2) is 28.6 Å². The highest BCUT2D eigenvalue weighted by atomic mass is 32.1. The van der Waals surface area contributed by atoms with Crippen LogP contribution in [0.1, 0.15) is 42.0 Å². The van der Waals surface area contributed by atoms with Crippen molar-refractivity contribution in [1.29, 1.82) is 0 Å². The molecule has 1 aliphatic carbocycles. The van der Waals surface area contributed by atoms with Crippen molar-refractivity contribution in [2.24, 2.45) is 0 Å². The Morgan fingerprint density at radius 1 is 1.59 bits per heavy atom. The van der Waals surface area contributed by atoms with Gasteiger partial charge >= 0.3 is 5.97 Å². The summed E-state index contributed by atoms with van der Waals surface area (Å²) >= 11 is 1.81. The first-order valence-corrected chi connectivity index (χ1v) is 6.93. The normalized spacial score (nSPS) is 17.4. The van der Waals surface area contributed by atoms with Gasteiger partial charge in [0.2, 0.25) is 0 Å². The lowest BCUT2D eigenvalue weighted by Gasteiger charge is -2.27. The van der Waals surface area contributed by atoms with Crippen LogP contribution in [0.4, 0.5) is 0 Å². The Morgan fingerprint density at radius 3 is 2.76 bits per heavy atom. The van der Waals surface area contributed by atoms with E-state index in [-0.39, 0.29) is 6.42 Å². The number of hydrogen-bond donors (Lipinski definition) is 1. The Morgan fingerprint density at radius 2 is 2.29 bits per heavy atom. The predicted octanol–water partition coefficient (Wildman–Crippen LogP) is 3.06. The Balaban J connectivity index is 2.02. The first-order chi connectivity index (χ1) is 8.08. The van der Waals surface area contributed by atoms with E-state index in [0.717, 1.165) is 0 Å². The number of carboxylic acids is 1. The van der Waals surface area contributed by atoms with Crippen LogP contribution in [0.15, 0.2) is 12.1 Å². The predicted molar refractivity (Wildman–Crippen MR) is 69.5 cm³/mol. The SMILES string of the molecule is Cc1ccc(C(C)N(CCC(=O)O)C2CC2)s1. The topological polar surface area (TPSA) is 40.5 Å². The molecule has 1 fully saturated rings. The summed E-state index contributed by atoms with van der Waals surface area (Å²) < 4.78 is 0. The van der Waals surface area contributed by atoms with Crippen LogP contribution in [-0.2, 0) is 4.79 Å². The molecule has 0 radical (unpaired) electrons. The number of aryl methyl sites for hydroxylation is 1. The van der Waals surface area contributed by atoms with Crippen LogP contribution in [0.3, 0.4) is 0 Å². The molecular weight excluding hydrogens is 234 g/mol. The lowest BCUT2D eigenvalue weighted by atomic mass is 10.2. The number of rotatable bonds is 6. The second-order valence-corrected chi connectivity index (χ2v) is 6.06. The number of carbonyl (C=O) groups is 1. The summed E-state index contributed by atoms with van der Waals surface area (Å²) in [5.41, 5.74) is 0. The lowest BCUT2D eigenvalue weighted by molar-refractivity contribution is -0.137. The standard InChI is InChI=1S/C13H19NO2S/c1-9-3-6-12(17-9)10(2)14(11-4-5-11)8-7-13(15)16/h3,6,10-11H,4-5,7-8H2,1-2H3,(H,15,16). The van der Waals surface area contributed by atoms with E-state index in [4.69, 9.17) is 5.11 Å². The molecule has 3 nitrogen and oxygen atoms in total. The van der Waals surface area contributed by atoms with Crippen molar-refractivity contribution in [3.05, 3.63) is 21.9 Å². The molecule has 0 bridgehead atoms. The van der Waals surface area contributed by atoms with Gasteiger partial charge in [0.15, 0.2) is 0 Å². The summed E-state index contributed by atoms with van der Waals surface area (Å²) in [5.74, 6) is -0.704. The van der Waals surface area contributed by atoms with Crippen LogP contribution >= 0.6 is 11.3 Å². The van der Waals surface area contributed by atoms with Gasteiger partial charge in [0.05, 0.1) is 6.42 Å². The fourth-order valence-electron chi connectivity index (χ4n) is 2.16. The monoisotopic (exact) mass is 253 g/mol. The average molecular weight is 253 g/mol. The zero-order chi connectivity index (χ0) is 12.4. The van der Waals surface area contributed by atoms with E-state index in [2.05, 4.69) is 30.9 Å². The maximum Gasteiger partial charge on any atom is 0.304 e. The minimum absolute atomic E-state index is 0.241. The quantitative estimate of drug-likeness (QED) is 0.847. The molecule has 1 saturated carbocycles. The second-order valence-electron chi connectivity index (χ2n) is 4.74. The number of thiophene rings is 1. The number of carboxylic acid groups (broad SMARTS) is 1. The minimum atomic E-state index is -0.704. The van der Waals surface area contributed by atoms with Crippen molar-refractivity contribution in [3.8, 4) is 0 Å². The molecule has 1 aromatic rings. The molecule has 0 spiro atoms. The molecule has 1 aliphatic rings. The van der Waals surface area contributed by atoms with Crippen molar-refractivity contribution in [1.82, 2.24) is 4.90 Å². The molecule has 17 heavy (non-hydrogen) atoms. The van der Waals surface area contributed by atoms with E-state index < -0.39 is 5.97 Å². The van der Waals surface area contributed by atoms with Gasteiger partial charge in [-0.2, -0.15) is 0 Å².